The molecular formula is C53H36. The summed E-state index contributed by atoms with van der Waals surface area (Å²) in [6.45, 7) is 4.77. The normalized spacial score (nSPS) is 13.2. The summed E-state index contributed by atoms with van der Waals surface area (Å²) in [7, 11) is 0. The predicted octanol–water partition coefficient (Wildman–Crippen LogP) is 14.8. The monoisotopic (exact) mass is 672 g/mol. The average molecular weight is 673 g/mol. The van der Waals surface area contributed by atoms with E-state index in [-0.39, 0.29) is 5.41 Å². The molecule has 0 bridgehead atoms. The molecule has 0 nitrogen and oxygen atoms in total. The number of hydrogen-bond acceptors (Lipinski definition) is 0. The third kappa shape index (κ3) is 4.36. The minimum atomic E-state index is -0.0821. The van der Waals surface area contributed by atoms with Crippen molar-refractivity contribution in [3.05, 3.63) is 193 Å². The highest BCUT2D eigenvalue weighted by atomic mass is 14.4. The Bertz CT molecular complexity index is 3130. The van der Waals surface area contributed by atoms with Crippen molar-refractivity contribution < 1.29 is 0 Å². The van der Waals surface area contributed by atoms with Crippen LogP contribution in [0, 0.1) is 0 Å². The van der Waals surface area contributed by atoms with Crippen LogP contribution in [0.2, 0.25) is 0 Å². The van der Waals surface area contributed by atoms with Gasteiger partial charge in [0.1, 0.15) is 0 Å². The SMILES string of the molecule is CC1(C)c2ccc(-c3ccc4c(-c5cccc6ccccc56)c5ccccc5c(-c5cccc6ccccc56)c4c3)cc2-c2ccc3ccccc3c21. The van der Waals surface area contributed by atoms with Gasteiger partial charge in [-0.05, 0) is 122 Å². The van der Waals surface area contributed by atoms with E-state index in [2.05, 4.69) is 196 Å². The van der Waals surface area contributed by atoms with Gasteiger partial charge in [0.25, 0.3) is 0 Å². The fourth-order valence-corrected chi connectivity index (χ4v) is 9.62. The molecule has 0 unspecified atom stereocenters. The molecule has 0 heterocycles. The molecule has 248 valence electrons. The van der Waals surface area contributed by atoms with E-state index < -0.39 is 0 Å². The van der Waals surface area contributed by atoms with Crippen LogP contribution in [0.1, 0.15) is 25.0 Å². The number of benzene rings is 10. The Hall–Kier alpha value is -6.50. The number of fused-ring (bicyclic) bond motifs is 9. The molecule has 0 saturated carbocycles. The van der Waals surface area contributed by atoms with Gasteiger partial charge in [-0.25, -0.2) is 0 Å². The summed E-state index contributed by atoms with van der Waals surface area (Å²) in [6, 6.07) is 68.0. The van der Waals surface area contributed by atoms with Crippen LogP contribution < -0.4 is 0 Å². The van der Waals surface area contributed by atoms with Gasteiger partial charge in [0.15, 0.2) is 0 Å². The summed E-state index contributed by atoms with van der Waals surface area (Å²) in [5.74, 6) is 0. The molecule has 0 aliphatic heterocycles. The fraction of sp³-hybridized carbons (Fsp3) is 0.0566. The maximum Gasteiger partial charge on any atom is 0.0165 e. The molecule has 0 aromatic heterocycles. The molecule has 0 fully saturated rings. The first-order valence-corrected chi connectivity index (χ1v) is 18.7. The van der Waals surface area contributed by atoms with Crippen LogP contribution in [0.3, 0.4) is 0 Å². The minimum Gasteiger partial charge on any atom is -0.0616 e. The molecule has 10 aromatic carbocycles. The Balaban J connectivity index is 1.23. The van der Waals surface area contributed by atoms with Gasteiger partial charge in [0.05, 0.1) is 0 Å². The lowest BCUT2D eigenvalue weighted by atomic mass is 9.80. The van der Waals surface area contributed by atoms with Crippen molar-refractivity contribution in [1.82, 2.24) is 0 Å². The Morgan fingerprint density at radius 2 is 0.774 bits per heavy atom. The molecule has 10 aromatic rings. The maximum absolute atomic E-state index is 2.47. The van der Waals surface area contributed by atoms with E-state index in [9.17, 15) is 0 Å². The summed E-state index contributed by atoms with van der Waals surface area (Å²) in [4.78, 5) is 0. The van der Waals surface area contributed by atoms with E-state index in [1.54, 1.807) is 0 Å². The number of rotatable bonds is 3. The van der Waals surface area contributed by atoms with E-state index in [0.717, 1.165) is 0 Å². The van der Waals surface area contributed by atoms with Crippen LogP contribution in [0.4, 0.5) is 0 Å². The Labute approximate surface area is 309 Å². The zero-order valence-electron chi connectivity index (χ0n) is 29.8. The van der Waals surface area contributed by atoms with Gasteiger partial charge in [-0.2, -0.15) is 0 Å². The highest BCUT2D eigenvalue weighted by molar-refractivity contribution is 6.25. The predicted molar refractivity (Wildman–Crippen MR) is 228 cm³/mol. The zero-order chi connectivity index (χ0) is 35.3. The molecule has 11 rings (SSSR count). The van der Waals surface area contributed by atoms with Crippen molar-refractivity contribution in [2.75, 3.05) is 0 Å². The van der Waals surface area contributed by atoms with Crippen LogP contribution in [-0.2, 0) is 5.41 Å². The first-order chi connectivity index (χ1) is 26.1. The molecule has 1 aliphatic carbocycles. The van der Waals surface area contributed by atoms with E-state index in [4.69, 9.17) is 0 Å². The van der Waals surface area contributed by atoms with Gasteiger partial charge in [0, 0.05) is 5.41 Å². The molecule has 53 heavy (non-hydrogen) atoms. The van der Waals surface area contributed by atoms with Crippen molar-refractivity contribution in [3.8, 4) is 44.5 Å². The topological polar surface area (TPSA) is 0 Å². The van der Waals surface area contributed by atoms with E-state index in [1.807, 2.05) is 0 Å². The lowest BCUT2D eigenvalue weighted by Crippen LogP contribution is -2.15. The lowest BCUT2D eigenvalue weighted by molar-refractivity contribution is 0.666. The van der Waals surface area contributed by atoms with E-state index in [1.165, 1.54) is 109 Å². The van der Waals surface area contributed by atoms with Crippen molar-refractivity contribution >= 4 is 53.9 Å². The quantitative estimate of drug-likeness (QED) is 0.164. The Morgan fingerprint density at radius 1 is 0.302 bits per heavy atom. The van der Waals surface area contributed by atoms with Crippen LogP contribution in [0.25, 0.3) is 98.4 Å². The standard InChI is InChI=1S/C53H36/c1-53(2)49-30-27-37(31-47(49)46-29-25-35-15-5-8-20-40(35)52(46)53)36-26-28-45-48(32-36)51(42-24-12-17-34-14-4-7-19-39(34)42)44-22-10-9-21-43(44)50(45)41-23-11-16-33-13-3-6-18-38(33)41/h3-32H,1-2H3. The second-order valence-corrected chi connectivity index (χ2v) is 15.2. The Kier molecular flexibility index (Phi) is 6.40. The van der Waals surface area contributed by atoms with Crippen LogP contribution in [0.15, 0.2) is 182 Å². The summed E-state index contributed by atoms with van der Waals surface area (Å²) in [5, 5.41) is 12.8. The zero-order valence-corrected chi connectivity index (χ0v) is 29.8. The molecule has 0 radical (unpaired) electrons. The largest absolute Gasteiger partial charge is 0.0616 e. The third-order valence-electron chi connectivity index (χ3n) is 12.0. The lowest BCUT2D eigenvalue weighted by Gasteiger charge is -2.23. The average Bonchev–Trinajstić information content (AvgIpc) is 3.45. The Morgan fingerprint density at radius 3 is 1.42 bits per heavy atom. The van der Waals surface area contributed by atoms with Gasteiger partial charge in [-0.1, -0.05) is 184 Å². The number of hydrogen-bond donors (Lipinski definition) is 0. The van der Waals surface area contributed by atoms with Crippen LogP contribution in [0.5, 0.6) is 0 Å². The molecule has 1 aliphatic rings. The molecule has 0 heteroatoms. The first kappa shape index (κ1) is 30.2. The van der Waals surface area contributed by atoms with Gasteiger partial charge >= 0.3 is 0 Å². The smallest absolute Gasteiger partial charge is 0.0165 e. The van der Waals surface area contributed by atoms with Crippen LogP contribution >= 0.6 is 0 Å². The van der Waals surface area contributed by atoms with E-state index in [0.29, 0.717) is 0 Å². The molecule has 0 atom stereocenters. The highest BCUT2D eigenvalue weighted by Gasteiger charge is 2.37. The molecule has 0 N–H and O–H groups in total. The summed E-state index contributed by atoms with van der Waals surface area (Å²) < 4.78 is 0. The minimum absolute atomic E-state index is 0.0821. The van der Waals surface area contributed by atoms with Crippen LogP contribution in [-0.4, -0.2) is 0 Å². The maximum atomic E-state index is 2.47. The van der Waals surface area contributed by atoms with Crippen molar-refractivity contribution in [2.45, 2.75) is 19.3 Å². The molecular weight excluding hydrogens is 637 g/mol. The van der Waals surface area contributed by atoms with Gasteiger partial charge in [-0.3, -0.25) is 0 Å². The van der Waals surface area contributed by atoms with Crippen molar-refractivity contribution in [3.63, 3.8) is 0 Å². The van der Waals surface area contributed by atoms with Crippen molar-refractivity contribution in [1.29, 1.82) is 0 Å². The van der Waals surface area contributed by atoms with Gasteiger partial charge in [-0.15, -0.1) is 0 Å². The van der Waals surface area contributed by atoms with Crippen molar-refractivity contribution in [2.24, 2.45) is 0 Å². The van der Waals surface area contributed by atoms with Gasteiger partial charge in [0.2, 0.25) is 0 Å². The summed E-state index contributed by atoms with van der Waals surface area (Å²) in [5.41, 5.74) is 13.0. The molecule has 0 saturated heterocycles. The summed E-state index contributed by atoms with van der Waals surface area (Å²) >= 11 is 0. The highest BCUT2D eigenvalue weighted by Crippen LogP contribution is 2.53. The second kappa shape index (κ2) is 11.2. The summed E-state index contributed by atoms with van der Waals surface area (Å²) in [6.07, 6.45) is 0. The molecule has 0 spiro atoms. The van der Waals surface area contributed by atoms with E-state index >= 15 is 0 Å². The third-order valence-corrected chi connectivity index (χ3v) is 12.0. The molecule has 0 amide bonds. The fourth-order valence-electron chi connectivity index (χ4n) is 9.62. The first-order valence-electron chi connectivity index (χ1n) is 18.7. The second-order valence-electron chi connectivity index (χ2n) is 15.2. The van der Waals surface area contributed by atoms with Gasteiger partial charge < -0.3 is 0 Å².